The van der Waals surface area contributed by atoms with Gasteiger partial charge in [0.15, 0.2) is 5.75 Å². The third-order valence-electron chi connectivity index (χ3n) is 6.74. The maximum Gasteiger partial charge on any atom is 0.337 e. The molecular formula is C27H21N5O13S3. The van der Waals surface area contributed by atoms with Crippen LogP contribution in [0.5, 0.6) is 11.5 Å². The Kier molecular flexibility index (Phi) is 8.58. The fourth-order valence-electron chi connectivity index (χ4n) is 4.58. The zero-order valence-electron chi connectivity index (χ0n) is 23.6. The second-order valence-corrected chi connectivity index (χ2v) is 14.1. The topological polar surface area (TPSA) is 323 Å². The molecular weight excluding hydrogens is 699 g/mol. The van der Waals surface area contributed by atoms with Crippen LogP contribution in [0.15, 0.2) is 102 Å². The highest BCUT2D eigenvalue weighted by molar-refractivity contribution is 8.19. The number of carbonyl (C=O) groups is 1. The molecule has 0 spiro atoms. The number of aromatic carboxylic acids is 1. The molecule has 0 aromatic heterocycles. The minimum Gasteiger partial charge on any atom is -0.507 e. The van der Waals surface area contributed by atoms with E-state index in [1.54, 1.807) is 0 Å². The number of phenolic OH excluding ortho intramolecular Hbond substituents is 2. The number of nitrogens with zero attached hydrogens (tertiary/aromatic N) is 4. The quantitative estimate of drug-likeness (QED) is 0.0464. The molecule has 0 amide bonds. The van der Waals surface area contributed by atoms with Crippen molar-refractivity contribution in [3.05, 3.63) is 72.3 Å². The molecule has 5 aromatic carbocycles. The number of carboxylic acids is 1. The van der Waals surface area contributed by atoms with Crippen LogP contribution in [0.3, 0.4) is 0 Å². The maximum atomic E-state index is 12.2. The van der Waals surface area contributed by atoms with Crippen molar-refractivity contribution in [2.45, 2.75) is 14.7 Å². The molecule has 250 valence electrons. The van der Waals surface area contributed by atoms with Crippen LogP contribution in [0.4, 0.5) is 28.4 Å². The van der Waals surface area contributed by atoms with E-state index in [-0.39, 0.29) is 33.4 Å². The summed E-state index contributed by atoms with van der Waals surface area (Å²) in [4.78, 5) is 9.10. The van der Waals surface area contributed by atoms with Gasteiger partial charge in [0.2, 0.25) is 0 Å². The first-order chi connectivity index (χ1) is 22.3. The molecule has 0 aliphatic rings. The van der Waals surface area contributed by atoms with E-state index in [0.29, 0.717) is 6.07 Å². The molecule has 0 heterocycles. The third-order valence-corrected chi connectivity index (χ3v) is 9.37. The normalized spacial score (nSPS) is 13.2. The van der Waals surface area contributed by atoms with Gasteiger partial charge < -0.3 is 34.7 Å². The lowest BCUT2D eigenvalue weighted by atomic mass is 10.1. The zero-order chi connectivity index (χ0) is 35.3. The Morgan fingerprint density at radius 1 is 0.688 bits per heavy atom. The van der Waals surface area contributed by atoms with Crippen molar-refractivity contribution in [1.82, 2.24) is 0 Å². The SMILES string of the molecule is Nc1c(N=Nc2ccc3cc(S(=O)(=O)O)c(N=Nc4ccccc4C(=O)O)c(O)c3c2)cc(S(=O)(=O)O)c2cc(S(O)(O)O)cc(O)c12. The molecule has 0 radical (unpaired) electrons. The summed E-state index contributed by atoms with van der Waals surface area (Å²) in [5.41, 5.74) is 4.02. The van der Waals surface area contributed by atoms with E-state index in [2.05, 4.69) is 20.5 Å². The monoisotopic (exact) mass is 719 g/mol. The number of benzene rings is 5. The van der Waals surface area contributed by atoms with Crippen LogP contribution in [-0.4, -0.2) is 60.9 Å². The van der Waals surface area contributed by atoms with Crippen molar-refractivity contribution in [2.75, 3.05) is 5.73 Å². The van der Waals surface area contributed by atoms with Crippen LogP contribution in [-0.2, 0) is 20.2 Å². The van der Waals surface area contributed by atoms with Crippen LogP contribution in [0, 0.1) is 0 Å². The summed E-state index contributed by atoms with van der Waals surface area (Å²) in [6.45, 7) is 0. The summed E-state index contributed by atoms with van der Waals surface area (Å²) in [6.07, 6.45) is 0. The van der Waals surface area contributed by atoms with Crippen molar-refractivity contribution in [3.8, 4) is 11.5 Å². The molecule has 0 atom stereocenters. The minimum absolute atomic E-state index is 0.0541. The number of fused-ring (bicyclic) bond motifs is 2. The largest absolute Gasteiger partial charge is 0.507 e. The number of aromatic hydroxyl groups is 2. The molecule has 18 nitrogen and oxygen atoms in total. The lowest BCUT2D eigenvalue weighted by Gasteiger charge is -2.21. The van der Waals surface area contributed by atoms with Crippen LogP contribution in [0.2, 0.25) is 0 Å². The fraction of sp³-hybridized carbons (Fsp3) is 0. The highest BCUT2D eigenvalue weighted by Gasteiger charge is 2.26. The van der Waals surface area contributed by atoms with Crippen molar-refractivity contribution >= 4 is 87.1 Å². The molecule has 21 heteroatoms. The summed E-state index contributed by atoms with van der Waals surface area (Å²) in [5.74, 6) is -2.99. The summed E-state index contributed by atoms with van der Waals surface area (Å²) >= 11 is 0. The van der Waals surface area contributed by atoms with Crippen molar-refractivity contribution in [2.24, 2.45) is 20.5 Å². The lowest BCUT2D eigenvalue weighted by molar-refractivity contribution is 0.0697. The predicted octanol–water partition coefficient (Wildman–Crippen LogP) is 6.59. The first-order valence-corrected chi connectivity index (χ1v) is 17.2. The van der Waals surface area contributed by atoms with Crippen LogP contribution >= 0.6 is 10.9 Å². The molecule has 0 saturated carbocycles. The summed E-state index contributed by atoms with van der Waals surface area (Å²) < 4.78 is 97.2. The van der Waals surface area contributed by atoms with Gasteiger partial charge in [-0.2, -0.15) is 21.9 Å². The molecule has 0 aliphatic carbocycles. The Morgan fingerprint density at radius 2 is 1.33 bits per heavy atom. The number of hydrogen-bond acceptors (Lipinski definition) is 15. The zero-order valence-corrected chi connectivity index (χ0v) is 26.0. The number of nitrogens with two attached hydrogens (primary N) is 1. The van der Waals surface area contributed by atoms with Gasteiger partial charge in [-0.1, -0.05) is 18.2 Å². The van der Waals surface area contributed by atoms with Crippen LogP contribution < -0.4 is 5.73 Å². The van der Waals surface area contributed by atoms with Gasteiger partial charge in [-0.15, -0.1) is 15.3 Å². The van der Waals surface area contributed by atoms with Gasteiger partial charge in [0, 0.05) is 10.8 Å². The highest BCUT2D eigenvalue weighted by atomic mass is 32.3. The standard InChI is InChI=1S/C27H21N5O13S3/c28-24-19(11-21(47(40,41)42)17-9-14(46(37,38)39)10-20(33)23(17)24)31-29-13-6-5-12-7-22(48(43,44)45)25(26(34)16(12)8-13)32-30-18-4-2-1-3-15(18)27(35)36/h1-11,33-34,37-39H,28H2,(H,35,36)(H,40,41,42)(H,43,44,45). The molecule has 10 N–H and O–H groups in total. The van der Waals surface area contributed by atoms with E-state index in [9.17, 15) is 59.7 Å². The Labute approximate surface area is 270 Å². The average molecular weight is 720 g/mol. The van der Waals surface area contributed by atoms with E-state index in [1.165, 1.54) is 42.5 Å². The van der Waals surface area contributed by atoms with Gasteiger partial charge in [-0.3, -0.25) is 9.11 Å². The van der Waals surface area contributed by atoms with Gasteiger partial charge >= 0.3 is 5.97 Å². The number of hydrogen-bond donors (Lipinski definition) is 9. The minimum atomic E-state index is -5.08. The Hall–Kier alpha value is -5.26. The van der Waals surface area contributed by atoms with E-state index in [1.807, 2.05) is 0 Å². The first-order valence-electron chi connectivity index (χ1n) is 12.8. The van der Waals surface area contributed by atoms with E-state index < -0.39 is 85.4 Å². The second kappa shape index (κ2) is 12.1. The molecule has 0 aliphatic heterocycles. The molecule has 0 saturated heterocycles. The maximum absolute atomic E-state index is 12.2. The molecule has 0 fully saturated rings. The van der Waals surface area contributed by atoms with Gasteiger partial charge in [0.1, 0.15) is 43.5 Å². The molecule has 0 bridgehead atoms. The van der Waals surface area contributed by atoms with Crippen LogP contribution in [0.25, 0.3) is 21.5 Å². The molecule has 48 heavy (non-hydrogen) atoms. The number of anilines is 1. The van der Waals surface area contributed by atoms with Gasteiger partial charge in [0.05, 0.1) is 27.2 Å². The van der Waals surface area contributed by atoms with E-state index in [4.69, 9.17) is 5.73 Å². The van der Waals surface area contributed by atoms with Gasteiger partial charge in [-0.05, 0) is 53.9 Å². The van der Waals surface area contributed by atoms with Crippen molar-refractivity contribution in [3.63, 3.8) is 0 Å². The molecule has 0 unspecified atom stereocenters. The Bertz CT molecular complexity index is 2460. The lowest BCUT2D eigenvalue weighted by Crippen LogP contribution is -2.03. The van der Waals surface area contributed by atoms with Gasteiger partial charge in [-0.25, -0.2) is 4.79 Å². The predicted molar refractivity (Wildman–Crippen MR) is 171 cm³/mol. The Balaban J connectivity index is 1.66. The number of phenols is 2. The van der Waals surface area contributed by atoms with E-state index >= 15 is 0 Å². The van der Waals surface area contributed by atoms with Crippen LogP contribution in [0.1, 0.15) is 10.4 Å². The van der Waals surface area contributed by atoms with Crippen molar-refractivity contribution < 1.29 is 59.7 Å². The first kappa shape index (κ1) is 34.1. The number of carboxylic acid groups (broad SMARTS) is 1. The third kappa shape index (κ3) is 6.60. The average Bonchev–Trinajstić information content (AvgIpc) is 2.98. The van der Waals surface area contributed by atoms with E-state index in [0.717, 1.165) is 18.2 Å². The number of rotatable bonds is 8. The highest BCUT2D eigenvalue weighted by Crippen LogP contribution is 2.50. The smallest absolute Gasteiger partial charge is 0.337 e. The number of nitrogen functional groups attached to an aromatic ring is 1. The fourth-order valence-corrected chi connectivity index (χ4v) is 6.48. The second-order valence-electron chi connectivity index (χ2n) is 9.84. The van der Waals surface area contributed by atoms with Crippen molar-refractivity contribution in [1.29, 1.82) is 0 Å². The van der Waals surface area contributed by atoms with Gasteiger partial charge in [0.25, 0.3) is 20.2 Å². The molecule has 5 aromatic rings. The number of azo groups is 2. The summed E-state index contributed by atoms with van der Waals surface area (Å²) in [6, 6.07) is 12.3. The summed E-state index contributed by atoms with van der Waals surface area (Å²) in [5, 5.41) is 45.3. The molecule has 5 rings (SSSR count). The summed E-state index contributed by atoms with van der Waals surface area (Å²) in [7, 11) is -14.5. The Morgan fingerprint density at radius 3 is 1.96 bits per heavy atom.